The van der Waals surface area contributed by atoms with Gasteiger partial charge in [0.1, 0.15) is 11.6 Å². The Morgan fingerprint density at radius 2 is 1.85 bits per heavy atom. The van der Waals surface area contributed by atoms with E-state index in [9.17, 15) is 13.2 Å². The molecular weight excluding hydrogens is 356 g/mol. The maximum Gasteiger partial charge on any atom is 0.337 e. The number of anilines is 1. The van der Waals surface area contributed by atoms with Crippen LogP contribution in [0.2, 0.25) is 0 Å². The van der Waals surface area contributed by atoms with E-state index in [1.165, 1.54) is 37.6 Å². The van der Waals surface area contributed by atoms with Gasteiger partial charge in [-0.3, -0.25) is 9.29 Å². The molecule has 8 nitrogen and oxygen atoms in total. The summed E-state index contributed by atoms with van der Waals surface area (Å²) in [6.07, 6.45) is 4.85. The van der Waals surface area contributed by atoms with E-state index in [0.29, 0.717) is 11.5 Å². The summed E-state index contributed by atoms with van der Waals surface area (Å²) in [6.45, 7) is 1.84. The smallest absolute Gasteiger partial charge is 0.337 e. The zero-order valence-electron chi connectivity index (χ0n) is 14.1. The SMILES string of the molecule is COC(=O)c1ccc(S(=O)(=O)Nc2ccc(-n3ccnc3C)nc2)cc1. The topological polar surface area (TPSA) is 103 Å². The van der Waals surface area contributed by atoms with Crippen molar-refractivity contribution in [2.45, 2.75) is 11.8 Å². The molecule has 0 spiro atoms. The maximum absolute atomic E-state index is 12.4. The molecule has 3 aromatic rings. The molecule has 1 aromatic carbocycles. The summed E-state index contributed by atoms with van der Waals surface area (Å²) in [5.41, 5.74) is 0.594. The van der Waals surface area contributed by atoms with Crippen LogP contribution < -0.4 is 4.72 Å². The molecule has 2 aromatic heterocycles. The van der Waals surface area contributed by atoms with Crippen molar-refractivity contribution in [1.82, 2.24) is 14.5 Å². The lowest BCUT2D eigenvalue weighted by Crippen LogP contribution is -2.13. The number of benzene rings is 1. The number of ether oxygens (including phenoxy) is 1. The Bertz CT molecular complexity index is 1030. The molecule has 134 valence electrons. The highest BCUT2D eigenvalue weighted by Crippen LogP contribution is 2.18. The third-order valence-electron chi connectivity index (χ3n) is 3.66. The zero-order chi connectivity index (χ0) is 18.7. The van der Waals surface area contributed by atoms with Gasteiger partial charge >= 0.3 is 5.97 Å². The summed E-state index contributed by atoms with van der Waals surface area (Å²) < 4.78 is 33.7. The number of hydrogen-bond donors (Lipinski definition) is 1. The number of methoxy groups -OCH3 is 1. The molecule has 0 aliphatic carbocycles. The van der Waals surface area contributed by atoms with Crippen molar-refractivity contribution in [3.05, 3.63) is 66.4 Å². The van der Waals surface area contributed by atoms with Crippen molar-refractivity contribution in [2.24, 2.45) is 0 Å². The molecular formula is C17H16N4O4S. The average Bonchev–Trinajstić information content (AvgIpc) is 3.07. The van der Waals surface area contributed by atoms with Crippen LogP contribution in [0.25, 0.3) is 5.82 Å². The van der Waals surface area contributed by atoms with Gasteiger partial charge in [-0.25, -0.2) is 23.2 Å². The lowest BCUT2D eigenvalue weighted by Gasteiger charge is -2.09. The highest BCUT2D eigenvalue weighted by atomic mass is 32.2. The average molecular weight is 372 g/mol. The lowest BCUT2D eigenvalue weighted by atomic mass is 10.2. The fraction of sp³-hybridized carbons (Fsp3) is 0.118. The number of esters is 1. The minimum Gasteiger partial charge on any atom is -0.465 e. The molecule has 3 rings (SSSR count). The Hall–Kier alpha value is -3.20. The van der Waals surface area contributed by atoms with Crippen molar-refractivity contribution < 1.29 is 17.9 Å². The predicted octanol–water partition coefficient (Wildman–Crippen LogP) is 2.16. The quantitative estimate of drug-likeness (QED) is 0.689. The van der Waals surface area contributed by atoms with Crippen molar-refractivity contribution >= 4 is 21.7 Å². The molecule has 1 N–H and O–H groups in total. The first-order valence-electron chi connectivity index (χ1n) is 7.58. The summed E-state index contributed by atoms with van der Waals surface area (Å²) in [6, 6.07) is 8.76. The van der Waals surface area contributed by atoms with E-state index < -0.39 is 16.0 Å². The van der Waals surface area contributed by atoms with Gasteiger partial charge in [0.15, 0.2) is 0 Å². The van der Waals surface area contributed by atoms with Crippen LogP contribution in [0, 0.1) is 6.92 Å². The predicted molar refractivity (Wildman–Crippen MR) is 94.7 cm³/mol. The number of aryl methyl sites for hydroxylation is 1. The van der Waals surface area contributed by atoms with Gasteiger partial charge in [0.05, 0.1) is 29.5 Å². The van der Waals surface area contributed by atoms with Crippen LogP contribution in [0.1, 0.15) is 16.2 Å². The summed E-state index contributed by atoms with van der Waals surface area (Å²) in [5.74, 6) is 0.874. The van der Waals surface area contributed by atoms with Gasteiger partial charge in [-0.05, 0) is 43.3 Å². The number of nitrogens with one attached hydrogen (secondary N) is 1. The fourth-order valence-corrected chi connectivity index (χ4v) is 3.35. The first-order valence-corrected chi connectivity index (χ1v) is 9.06. The van der Waals surface area contributed by atoms with Crippen molar-refractivity contribution in [3.8, 4) is 5.82 Å². The van der Waals surface area contributed by atoms with E-state index in [0.717, 1.165) is 5.82 Å². The molecule has 0 aliphatic rings. The van der Waals surface area contributed by atoms with Gasteiger partial charge in [0, 0.05) is 12.4 Å². The van der Waals surface area contributed by atoms with Gasteiger partial charge in [-0.1, -0.05) is 0 Å². The van der Waals surface area contributed by atoms with E-state index in [2.05, 4.69) is 19.4 Å². The Labute approximate surface area is 150 Å². The number of pyridine rings is 1. The summed E-state index contributed by atoms with van der Waals surface area (Å²) >= 11 is 0. The Balaban J connectivity index is 1.79. The molecule has 2 heterocycles. The van der Waals surface area contributed by atoms with E-state index >= 15 is 0 Å². The van der Waals surface area contributed by atoms with Crippen LogP contribution >= 0.6 is 0 Å². The first kappa shape index (κ1) is 17.6. The normalized spacial score (nSPS) is 11.2. The Morgan fingerprint density at radius 3 is 2.38 bits per heavy atom. The molecule has 0 atom stereocenters. The van der Waals surface area contributed by atoms with Gasteiger partial charge in [0.25, 0.3) is 10.0 Å². The van der Waals surface area contributed by atoms with Crippen molar-refractivity contribution in [2.75, 3.05) is 11.8 Å². The standard InChI is InChI=1S/C17H16N4O4S/c1-12-18-9-10-21(12)16-8-5-14(11-19-16)20-26(23,24)15-6-3-13(4-7-15)17(22)25-2/h3-11,20H,1-2H3. The Morgan fingerprint density at radius 1 is 1.12 bits per heavy atom. The van der Waals surface area contributed by atoms with E-state index in [4.69, 9.17) is 0 Å². The number of carbonyl (C=O) groups excluding carboxylic acids is 1. The van der Waals surface area contributed by atoms with Gasteiger partial charge in [0.2, 0.25) is 0 Å². The van der Waals surface area contributed by atoms with Crippen LogP contribution in [-0.2, 0) is 14.8 Å². The van der Waals surface area contributed by atoms with Crippen LogP contribution in [0.15, 0.2) is 59.9 Å². The highest BCUT2D eigenvalue weighted by Gasteiger charge is 2.16. The number of hydrogen-bond acceptors (Lipinski definition) is 6. The fourth-order valence-electron chi connectivity index (χ4n) is 2.31. The van der Waals surface area contributed by atoms with Gasteiger partial charge < -0.3 is 4.74 Å². The second-order valence-corrected chi connectivity index (χ2v) is 7.05. The van der Waals surface area contributed by atoms with E-state index in [-0.39, 0.29) is 10.5 Å². The third kappa shape index (κ3) is 3.57. The number of carbonyl (C=O) groups is 1. The zero-order valence-corrected chi connectivity index (χ0v) is 14.9. The minimum absolute atomic E-state index is 0.0275. The molecule has 0 radical (unpaired) electrons. The molecule has 0 unspecified atom stereocenters. The summed E-state index contributed by atoms with van der Waals surface area (Å²) in [4.78, 5) is 19.8. The Kier molecular flexibility index (Phi) is 4.72. The summed E-state index contributed by atoms with van der Waals surface area (Å²) in [5, 5.41) is 0. The number of sulfonamides is 1. The highest BCUT2D eigenvalue weighted by molar-refractivity contribution is 7.92. The second-order valence-electron chi connectivity index (χ2n) is 5.37. The van der Waals surface area contributed by atoms with Crippen molar-refractivity contribution in [3.63, 3.8) is 0 Å². The maximum atomic E-state index is 12.4. The van der Waals surface area contributed by atoms with Gasteiger partial charge in [-0.2, -0.15) is 0 Å². The van der Waals surface area contributed by atoms with Crippen LogP contribution in [0.5, 0.6) is 0 Å². The second kappa shape index (κ2) is 6.96. The molecule has 0 bridgehead atoms. The minimum atomic E-state index is -3.80. The van der Waals surface area contributed by atoms with Crippen LogP contribution in [0.3, 0.4) is 0 Å². The molecule has 0 amide bonds. The molecule has 0 saturated heterocycles. The molecule has 9 heteroatoms. The number of imidazole rings is 1. The third-order valence-corrected chi connectivity index (χ3v) is 5.06. The number of aromatic nitrogens is 3. The monoisotopic (exact) mass is 372 g/mol. The van der Waals surface area contributed by atoms with Gasteiger partial charge in [-0.15, -0.1) is 0 Å². The lowest BCUT2D eigenvalue weighted by molar-refractivity contribution is 0.0600. The molecule has 0 fully saturated rings. The largest absolute Gasteiger partial charge is 0.465 e. The number of nitrogens with zero attached hydrogens (tertiary/aromatic N) is 3. The first-order chi connectivity index (χ1) is 12.4. The number of rotatable bonds is 5. The molecule has 0 aliphatic heterocycles. The molecule has 26 heavy (non-hydrogen) atoms. The van der Waals surface area contributed by atoms with E-state index in [1.54, 1.807) is 29.1 Å². The van der Waals surface area contributed by atoms with Crippen molar-refractivity contribution in [1.29, 1.82) is 0 Å². The van der Waals surface area contributed by atoms with Crippen LogP contribution in [-0.4, -0.2) is 36.0 Å². The molecule has 0 saturated carbocycles. The summed E-state index contributed by atoms with van der Waals surface area (Å²) in [7, 11) is -2.54. The van der Waals surface area contributed by atoms with Crippen LogP contribution in [0.4, 0.5) is 5.69 Å². The van der Waals surface area contributed by atoms with E-state index in [1.807, 2.05) is 6.92 Å².